The fourth-order valence-corrected chi connectivity index (χ4v) is 3.04. The summed E-state index contributed by atoms with van der Waals surface area (Å²) in [6.45, 7) is 2.62. The van der Waals surface area contributed by atoms with Gasteiger partial charge in [-0.05, 0) is 46.5 Å². The number of nitrogens with two attached hydrogens (primary N) is 1. The number of pyridine rings is 1. The van der Waals surface area contributed by atoms with Crippen LogP contribution >= 0.6 is 11.3 Å². The Morgan fingerprint density at radius 3 is 2.72 bits per heavy atom. The first-order valence-electron chi connectivity index (χ1n) is 5.91. The summed E-state index contributed by atoms with van der Waals surface area (Å²) >= 11 is 1.73. The highest BCUT2D eigenvalue weighted by atomic mass is 32.1. The molecule has 0 saturated heterocycles. The van der Waals surface area contributed by atoms with Crippen molar-refractivity contribution in [1.82, 2.24) is 4.98 Å². The summed E-state index contributed by atoms with van der Waals surface area (Å²) in [6.07, 6.45) is 0. The molecular formula is C15H14N2S. The molecule has 0 atom stereocenters. The maximum Gasteiger partial charge on any atom is 0.0712 e. The monoisotopic (exact) mass is 254 g/mol. The fraction of sp³-hybridized carbons (Fsp3) is 0.133. The van der Waals surface area contributed by atoms with E-state index in [1.165, 1.54) is 22.1 Å². The van der Waals surface area contributed by atoms with Crippen molar-refractivity contribution in [2.45, 2.75) is 13.5 Å². The number of para-hydroxylation sites is 1. The van der Waals surface area contributed by atoms with Crippen molar-refractivity contribution < 1.29 is 0 Å². The molecule has 0 spiro atoms. The number of hydrogen-bond acceptors (Lipinski definition) is 3. The molecule has 0 radical (unpaired) electrons. The lowest BCUT2D eigenvalue weighted by atomic mass is 10.00. The first-order chi connectivity index (χ1) is 8.79. The van der Waals surface area contributed by atoms with Gasteiger partial charge in [0.15, 0.2) is 0 Å². The molecule has 1 aromatic carbocycles. The average molecular weight is 254 g/mol. The predicted octanol–water partition coefficient (Wildman–Crippen LogP) is 3.73. The van der Waals surface area contributed by atoms with Gasteiger partial charge in [-0.2, -0.15) is 11.3 Å². The molecule has 18 heavy (non-hydrogen) atoms. The number of thiophene rings is 1. The van der Waals surface area contributed by atoms with Crippen LogP contribution in [-0.4, -0.2) is 4.98 Å². The van der Waals surface area contributed by atoms with Gasteiger partial charge in [0, 0.05) is 11.9 Å². The zero-order valence-corrected chi connectivity index (χ0v) is 11.0. The molecule has 2 heterocycles. The van der Waals surface area contributed by atoms with Crippen LogP contribution in [0.5, 0.6) is 0 Å². The summed E-state index contributed by atoms with van der Waals surface area (Å²) in [5.74, 6) is 0. The molecule has 0 saturated carbocycles. The largest absolute Gasteiger partial charge is 0.325 e. The second-order valence-corrected chi connectivity index (χ2v) is 5.09. The van der Waals surface area contributed by atoms with Crippen LogP contribution in [0.3, 0.4) is 0 Å². The topological polar surface area (TPSA) is 38.9 Å². The number of fused-ring (bicyclic) bond motifs is 1. The highest BCUT2D eigenvalue weighted by molar-refractivity contribution is 7.08. The van der Waals surface area contributed by atoms with Crippen molar-refractivity contribution in [2.75, 3.05) is 0 Å². The van der Waals surface area contributed by atoms with Gasteiger partial charge in [-0.1, -0.05) is 18.2 Å². The van der Waals surface area contributed by atoms with Crippen LogP contribution < -0.4 is 5.73 Å². The summed E-state index contributed by atoms with van der Waals surface area (Å²) < 4.78 is 0. The molecule has 2 N–H and O–H groups in total. The molecule has 0 unspecified atom stereocenters. The Labute approximate surface area is 110 Å². The molecule has 3 rings (SSSR count). The smallest absolute Gasteiger partial charge is 0.0712 e. The van der Waals surface area contributed by atoms with E-state index in [0.29, 0.717) is 6.54 Å². The van der Waals surface area contributed by atoms with E-state index in [2.05, 4.69) is 40.9 Å². The highest BCUT2D eigenvalue weighted by Crippen LogP contribution is 2.32. The molecule has 0 bridgehead atoms. The lowest BCUT2D eigenvalue weighted by Gasteiger charge is -2.08. The highest BCUT2D eigenvalue weighted by Gasteiger charge is 2.09. The Hall–Kier alpha value is -1.71. The Bertz CT molecular complexity index is 701. The van der Waals surface area contributed by atoms with Crippen LogP contribution in [0.25, 0.3) is 22.0 Å². The van der Waals surface area contributed by atoms with Crippen molar-refractivity contribution in [3.8, 4) is 11.1 Å². The molecule has 2 aromatic heterocycles. The average Bonchev–Trinajstić information content (AvgIpc) is 2.83. The van der Waals surface area contributed by atoms with Gasteiger partial charge in [0.25, 0.3) is 0 Å². The number of hydrogen-bond donors (Lipinski definition) is 1. The lowest BCUT2D eigenvalue weighted by Crippen LogP contribution is -2.00. The van der Waals surface area contributed by atoms with Crippen LogP contribution in [0.1, 0.15) is 11.3 Å². The van der Waals surface area contributed by atoms with Crippen LogP contribution in [-0.2, 0) is 6.54 Å². The minimum Gasteiger partial charge on any atom is -0.325 e. The summed E-state index contributed by atoms with van der Waals surface area (Å²) in [5, 5.41) is 5.56. The fourth-order valence-electron chi connectivity index (χ4n) is 2.19. The maximum absolute atomic E-state index is 5.74. The third kappa shape index (κ3) is 1.82. The summed E-state index contributed by atoms with van der Waals surface area (Å²) in [6, 6.07) is 10.3. The van der Waals surface area contributed by atoms with Gasteiger partial charge in [-0.3, -0.25) is 4.98 Å². The van der Waals surface area contributed by atoms with Gasteiger partial charge in [-0.25, -0.2) is 0 Å². The van der Waals surface area contributed by atoms with Crippen LogP contribution in [0.2, 0.25) is 0 Å². The third-order valence-electron chi connectivity index (χ3n) is 3.12. The standard InChI is InChI=1S/C15H14N2S/c1-10-8-18-9-14(10)13-6-11(7-16)17-15-5-3-2-4-12(13)15/h2-6,8-9H,7,16H2,1H3. The Kier molecular flexibility index (Phi) is 2.86. The summed E-state index contributed by atoms with van der Waals surface area (Å²) in [4.78, 5) is 4.57. The zero-order chi connectivity index (χ0) is 12.5. The van der Waals surface area contributed by atoms with Gasteiger partial charge >= 0.3 is 0 Å². The lowest BCUT2D eigenvalue weighted by molar-refractivity contribution is 1.01. The van der Waals surface area contributed by atoms with Crippen molar-refractivity contribution in [1.29, 1.82) is 0 Å². The van der Waals surface area contributed by atoms with Gasteiger partial charge in [0.05, 0.1) is 11.2 Å². The van der Waals surface area contributed by atoms with Crippen LogP contribution in [0, 0.1) is 6.92 Å². The van der Waals surface area contributed by atoms with Crippen LogP contribution in [0.4, 0.5) is 0 Å². The number of nitrogens with zero attached hydrogens (tertiary/aromatic N) is 1. The van der Waals surface area contributed by atoms with E-state index >= 15 is 0 Å². The minimum absolute atomic E-state index is 0.473. The minimum atomic E-state index is 0.473. The zero-order valence-electron chi connectivity index (χ0n) is 10.2. The number of aromatic nitrogens is 1. The summed E-state index contributed by atoms with van der Waals surface area (Å²) in [5.41, 5.74) is 11.5. The van der Waals surface area contributed by atoms with E-state index in [0.717, 1.165) is 11.2 Å². The van der Waals surface area contributed by atoms with Crippen LogP contribution in [0.15, 0.2) is 41.1 Å². The molecule has 90 valence electrons. The predicted molar refractivity (Wildman–Crippen MR) is 77.7 cm³/mol. The number of aryl methyl sites for hydroxylation is 1. The molecule has 0 aliphatic rings. The molecule has 0 aliphatic heterocycles. The van der Waals surface area contributed by atoms with Gasteiger partial charge < -0.3 is 5.73 Å². The van der Waals surface area contributed by atoms with Gasteiger partial charge in [0.1, 0.15) is 0 Å². The van der Waals surface area contributed by atoms with E-state index in [-0.39, 0.29) is 0 Å². The Morgan fingerprint density at radius 2 is 2.00 bits per heavy atom. The van der Waals surface area contributed by atoms with Crippen molar-refractivity contribution in [3.05, 3.63) is 52.3 Å². The molecule has 3 heteroatoms. The van der Waals surface area contributed by atoms with E-state index in [9.17, 15) is 0 Å². The van der Waals surface area contributed by atoms with Crippen molar-refractivity contribution in [2.24, 2.45) is 5.73 Å². The second-order valence-electron chi connectivity index (χ2n) is 4.35. The maximum atomic E-state index is 5.74. The molecule has 0 aliphatic carbocycles. The van der Waals surface area contributed by atoms with Gasteiger partial charge in [-0.15, -0.1) is 0 Å². The molecular weight excluding hydrogens is 240 g/mol. The van der Waals surface area contributed by atoms with Gasteiger partial charge in [0.2, 0.25) is 0 Å². The van der Waals surface area contributed by atoms with Crippen molar-refractivity contribution >= 4 is 22.2 Å². The first kappa shape index (κ1) is 11.4. The Balaban J connectivity index is 2.36. The molecule has 2 nitrogen and oxygen atoms in total. The summed E-state index contributed by atoms with van der Waals surface area (Å²) in [7, 11) is 0. The van der Waals surface area contributed by atoms with E-state index < -0.39 is 0 Å². The second kappa shape index (κ2) is 4.52. The molecule has 3 aromatic rings. The molecule has 0 fully saturated rings. The van der Waals surface area contributed by atoms with Crippen molar-refractivity contribution in [3.63, 3.8) is 0 Å². The van der Waals surface area contributed by atoms with E-state index in [1.54, 1.807) is 11.3 Å². The quantitative estimate of drug-likeness (QED) is 0.756. The number of benzene rings is 1. The number of rotatable bonds is 2. The SMILES string of the molecule is Cc1cscc1-c1cc(CN)nc2ccccc12. The molecule has 0 amide bonds. The Morgan fingerprint density at radius 1 is 1.17 bits per heavy atom. The first-order valence-corrected chi connectivity index (χ1v) is 6.86. The third-order valence-corrected chi connectivity index (χ3v) is 3.99. The normalized spacial score (nSPS) is 11.0. The van der Waals surface area contributed by atoms with E-state index in [4.69, 9.17) is 5.73 Å². The van der Waals surface area contributed by atoms with E-state index in [1.807, 2.05) is 12.1 Å².